The maximum absolute atomic E-state index is 12.8. The lowest BCUT2D eigenvalue weighted by atomic mass is 10.1. The summed E-state index contributed by atoms with van der Waals surface area (Å²) in [7, 11) is 3.80. The van der Waals surface area contributed by atoms with Gasteiger partial charge in [0.25, 0.3) is 11.8 Å². The molecule has 0 saturated carbocycles. The topological polar surface area (TPSA) is 124 Å². The SMILES string of the molecule is CN1CCCN(C)C(=O)COc2cc(ccc2OCC(=O)Nc2ccc(Cl)cc2)/N=C2/N=CNc3[nH]cc(c32)C1. The number of aromatic amines is 1. The number of hydrogen-bond donors (Lipinski definition) is 3. The van der Waals surface area contributed by atoms with E-state index in [0.29, 0.717) is 46.8 Å². The minimum Gasteiger partial charge on any atom is -0.480 e. The molecule has 0 fully saturated rings. The van der Waals surface area contributed by atoms with Gasteiger partial charge in [-0.25, -0.2) is 9.98 Å². The van der Waals surface area contributed by atoms with E-state index in [1.54, 1.807) is 60.8 Å². The summed E-state index contributed by atoms with van der Waals surface area (Å²) in [6.07, 6.45) is 4.35. The van der Waals surface area contributed by atoms with Gasteiger partial charge < -0.3 is 34.9 Å². The van der Waals surface area contributed by atoms with Crippen LogP contribution in [0.5, 0.6) is 11.5 Å². The van der Waals surface area contributed by atoms with E-state index in [4.69, 9.17) is 26.1 Å². The number of H-pyrrole nitrogens is 1. The molecule has 0 radical (unpaired) electrons. The minimum atomic E-state index is -0.357. The molecular formula is C28H30ClN7O4. The van der Waals surface area contributed by atoms with E-state index in [-0.39, 0.29) is 25.0 Å². The summed E-state index contributed by atoms with van der Waals surface area (Å²) in [6.45, 7) is 1.63. The normalized spacial score (nSPS) is 17.2. The van der Waals surface area contributed by atoms with Crippen LogP contribution in [0.2, 0.25) is 5.02 Å². The van der Waals surface area contributed by atoms with E-state index >= 15 is 0 Å². The van der Waals surface area contributed by atoms with Crippen molar-refractivity contribution in [3.05, 3.63) is 64.8 Å². The maximum Gasteiger partial charge on any atom is 0.262 e. The minimum absolute atomic E-state index is 0.168. The predicted octanol–water partition coefficient (Wildman–Crippen LogP) is 3.89. The first-order chi connectivity index (χ1) is 19.4. The average molecular weight is 564 g/mol. The fraction of sp³-hybridized carbons (Fsp3) is 0.286. The number of hydrogen-bond acceptors (Lipinski definition) is 8. The number of carbonyl (C=O) groups is 2. The number of fused-ring (bicyclic) bond motifs is 2. The second-order valence-corrected chi connectivity index (χ2v) is 10.0. The Kier molecular flexibility index (Phi) is 8.32. The van der Waals surface area contributed by atoms with E-state index in [9.17, 15) is 9.59 Å². The number of aromatic nitrogens is 1. The molecule has 1 aromatic heterocycles. The molecule has 2 aliphatic rings. The zero-order chi connectivity index (χ0) is 28.1. The molecule has 3 heterocycles. The third-order valence-electron chi connectivity index (χ3n) is 6.48. The third-order valence-corrected chi connectivity index (χ3v) is 6.73. The van der Waals surface area contributed by atoms with E-state index in [1.807, 2.05) is 13.2 Å². The molecule has 12 heteroatoms. The Morgan fingerprint density at radius 2 is 2.00 bits per heavy atom. The standard InChI is InChI=1S/C28H30ClN7O4/c1-35-10-3-11-36(2)25(38)16-40-23-12-21(34-28-26-18(14-35)13-30-27(26)31-17-32-28)8-9-22(23)39-15-24(37)33-20-6-4-19(29)5-7-20/h4-9,12-13,17H,3,10-11,14-16H2,1-2H3,(H,33,37)(H2,30,31,32,34). The van der Waals surface area contributed by atoms with Crippen molar-refractivity contribution >= 4 is 52.8 Å². The first-order valence-electron chi connectivity index (χ1n) is 12.8. The Hall–Kier alpha value is -4.35. The van der Waals surface area contributed by atoms with Crippen molar-refractivity contribution in [1.29, 1.82) is 0 Å². The molecule has 0 saturated heterocycles. The molecule has 2 amide bonds. The Morgan fingerprint density at radius 1 is 1.18 bits per heavy atom. The zero-order valence-electron chi connectivity index (χ0n) is 22.2. The smallest absolute Gasteiger partial charge is 0.262 e. The number of nitrogens with one attached hydrogen (secondary N) is 3. The second kappa shape index (κ2) is 12.2. The van der Waals surface area contributed by atoms with Gasteiger partial charge in [0.1, 0.15) is 5.82 Å². The van der Waals surface area contributed by atoms with Crippen LogP contribution in [0.4, 0.5) is 17.2 Å². The lowest BCUT2D eigenvalue weighted by Gasteiger charge is -2.22. The Morgan fingerprint density at radius 3 is 2.83 bits per heavy atom. The number of ether oxygens (including phenoxy) is 2. The molecule has 0 unspecified atom stereocenters. The van der Waals surface area contributed by atoms with Crippen molar-refractivity contribution in [2.75, 3.05) is 51.0 Å². The van der Waals surface area contributed by atoms with Crippen LogP contribution in [-0.4, -0.2) is 79.2 Å². The molecule has 3 aromatic rings. The van der Waals surface area contributed by atoms with Crippen LogP contribution >= 0.6 is 11.6 Å². The summed E-state index contributed by atoms with van der Waals surface area (Å²) < 4.78 is 11.7. The summed E-state index contributed by atoms with van der Waals surface area (Å²) in [4.78, 5) is 41.7. The molecule has 0 aliphatic carbocycles. The maximum atomic E-state index is 12.8. The number of benzene rings is 2. The highest BCUT2D eigenvalue weighted by atomic mass is 35.5. The van der Waals surface area contributed by atoms with Crippen molar-refractivity contribution in [3.8, 4) is 11.5 Å². The van der Waals surface area contributed by atoms with E-state index < -0.39 is 0 Å². The van der Waals surface area contributed by atoms with Crippen molar-refractivity contribution < 1.29 is 19.1 Å². The number of amides is 2. The summed E-state index contributed by atoms with van der Waals surface area (Å²) in [6, 6.07) is 11.9. The van der Waals surface area contributed by atoms with Gasteiger partial charge in [-0.3, -0.25) is 9.59 Å². The summed E-state index contributed by atoms with van der Waals surface area (Å²) in [5.41, 5.74) is 3.11. The number of amidine groups is 1. The fourth-order valence-electron chi connectivity index (χ4n) is 4.38. The van der Waals surface area contributed by atoms with Crippen LogP contribution in [0.3, 0.4) is 0 Å². The van der Waals surface area contributed by atoms with Gasteiger partial charge in [0.2, 0.25) is 0 Å². The lowest BCUT2D eigenvalue weighted by Crippen LogP contribution is -2.34. The first kappa shape index (κ1) is 27.2. The number of carbonyl (C=O) groups excluding carboxylic acids is 2. The molecular weight excluding hydrogens is 534 g/mol. The number of nitrogens with zero attached hydrogens (tertiary/aromatic N) is 4. The van der Waals surface area contributed by atoms with Gasteiger partial charge in [-0.2, -0.15) is 0 Å². The number of halogens is 1. The van der Waals surface area contributed by atoms with Crippen LogP contribution in [-0.2, 0) is 16.1 Å². The van der Waals surface area contributed by atoms with Gasteiger partial charge in [-0.15, -0.1) is 0 Å². The van der Waals surface area contributed by atoms with Crippen molar-refractivity contribution in [2.45, 2.75) is 13.0 Å². The van der Waals surface area contributed by atoms with Crippen LogP contribution in [0.25, 0.3) is 0 Å². The number of anilines is 2. The lowest BCUT2D eigenvalue weighted by molar-refractivity contribution is -0.132. The highest BCUT2D eigenvalue weighted by Crippen LogP contribution is 2.34. The highest BCUT2D eigenvalue weighted by Gasteiger charge is 2.21. The van der Waals surface area contributed by atoms with Crippen molar-refractivity contribution in [3.63, 3.8) is 0 Å². The zero-order valence-corrected chi connectivity index (χ0v) is 23.0. The van der Waals surface area contributed by atoms with Crippen LogP contribution in [0.1, 0.15) is 17.5 Å². The molecule has 11 nitrogen and oxygen atoms in total. The van der Waals surface area contributed by atoms with Gasteiger partial charge in [0, 0.05) is 43.1 Å². The Balaban J connectivity index is 1.41. The molecule has 2 bridgehead atoms. The average Bonchev–Trinajstić information content (AvgIpc) is 3.35. The molecule has 0 atom stereocenters. The van der Waals surface area contributed by atoms with E-state index in [0.717, 1.165) is 29.9 Å². The van der Waals surface area contributed by atoms with Gasteiger partial charge in [-0.05, 0) is 62.0 Å². The van der Waals surface area contributed by atoms with E-state index in [1.165, 1.54) is 0 Å². The van der Waals surface area contributed by atoms with Crippen LogP contribution in [0, 0.1) is 0 Å². The molecule has 208 valence electrons. The summed E-state index contributed by atoms with van der Waals surface area (Å²) >= 11 is 5.91. The second-order valence-electron chi connectivity index (χ2n) is 9.57. The monoisotopic (exact) mass is 563 g/mol. The largest absolute Gasteiger partial charge is 0.480 e. The number of aliphatic imine (C=N–C) groups is 2. The van der Waals surface area contributed by atoms with Crippen molar-refractivity contribution in [1.82, 2.24) is 14.8 Å². The predicted molar refractivity (Wildman–Crippen MR) is 155 cm³/mol. The molecule has 0 spiro atoms. The number of rotatable bonds is 4. The third kappa shape index (κ3) is 6.61. The molecule has 2 aliphatic heterocycles. The van der Waals surface area contributed by atoms with Crippen LogP contribution in [0.15, 0.2) is 58.6 Å². The molecule has 2 aromatic carbocycles. The van der Waals surface area contributed by atoms with Gasteiger partial charge >= 0.3 is 0 Å². The molecule has 3 N–H and O–H groups in total. The molecule has 5 rings (SSSR count). The highest BCUT2D eigenvalue weighted by molar-refractivity contribution is 6.30. The Bertz CT molecular complexity index is 1450. The van der Waals surface area contributed by atoms with E-state index in [2.05, 4.69) is 25.5 Å². The van der Waals surface area contributed by atoms with Gasteiger partial charge in [0.15, 0.2) is 30.5 Å². The van der Waals surface area contributed by atoms with Gasteiger partial charge in [0.05, 0.1) is 17.6 Å². The molecule has 40 heavy (non-hydrogen) atoms. The van der Waals surface area contributed by atoms with Crippen molar-refractivity contribution in [2.24, 2.45) is 9.98 Å². The quantitative estimate of drug-likeness (QED) is 0.442. The van der Waals surface area contributed by atoms with Gasteiger partial charge in [-0.1, -0.05) is 11.6 Å². The Labute approximate surface area is 236 Å². The summed E-state index contributed by atoms with van der Waals surface area (Å²) in [5.74, 6) is 1.45. The fourth-order valence-corrected chi connectivity index (χ4v) is 4.51. The van der Waals surface area contributed by atoms with Crippen LogP contribution < -0.4 is 20.1 Å². The first-order valence-corrected chi connectivity index (χ1v) is 13.2. The summed E-state index contributed by atoms with van der Waals surface area (Å²) in [5, 5.41) is 6.47. The number of likely N-dealkylation sites (N-methyl/N-ethyl adjacent to an activating group) is 1.